The lowest BCUT2D eigenvalue weighted by Gasteiger charge is -2.23. The molecule has 8 heteroatoms. The van der Waals surface area contributed by atoms with Crippen molar-refractivity contribution in [3.63, 3.8) is 0 Å². The highest BCUT2D eigenvalue weighted by molar-refractivity contribution is 7.15. The zero-order chi connectivity index (χ0) is 12.5. The molecule has 0 spiro atoms. The van der Waals surface area contributed by atoms with Crippen LogP contribution in [0, 0.1) is 10.1 Å². The third kappa shape index (κ3) is 1.93. The molecular formula is C10H13N5O2S. The van der Waals surface area contributed by atoms with Crippen molar-refractivity contribution in [1.82, 2.24) is 14.7 Å². The second-order valence-corrected chi connectivity index (χ2v) is 5.16. The first kappa shape index (κ1) is 11.4. The molecule has 0 radical (unpaired) electrons. The highest BCUT2D eigenvalue weighted by Crippen LogP contribution is 2.28. The second-order valence-electron chi connectivity index (χ2n) is 4.28. The zero-order valence-corrected chi connectivity index (χ0v) is 10.4. The number of rotatable bonds is 3. The van der Waals surface area contributed by atoms with Crippen molar-refractivity contribution in [2.75, 3.05) is 18.4 Å². The molecule has 18 heavy (non-hydrogen) atoms. The summed E-state index contributed by atoms with van der Waals surface area (Å²) in [6.45, 7) is 1.83. The van der Waals surface area contributed by atoms with E-state index in [1.54, 1.807) is 11.6 Å². The molecule has 1 aliphatic rings. The van der Waals surface area contributed by atoms with Crippen LogP contribution in [0.1, 0.15) is 12.8 Å². The Kier molecular flexibility index (Phi) is 2.88. The minimum Gasteiger partial charge on any atom is -0.359 e. The summed E-state index contributed by atoms with van der Waals surface area (Å²) in [7, 11) is 0. The van der Waals surface area contributed by atoms with E-state index >= 15 is 0 Å². The van der Waals surface area contributed by atoms with E-state index in [1.807, 2.05) is 0 Å². The number of aromatic nitrogens is 2. The van der Waals surface area contributed by atoms with Gasteiger partial charge in [0.2, 0.25) is 5.82 Å². The van der Waals surface area contributed by atoms with E-state index in [9.17, 15) is 10.1 Å². The second kappa shape index (κ2) is 4.54. The SMILES string of the molecule is O=[N+]([O-])c1c(NC2CCCNC2)nc2sccn12. The molecule has 1 atom stereocenters. The molecule has 1 unspecified atom stereocenters. The van der Waals surface area contributed by atoms with Crippen molar-refractivity contribution >= 4 is 27.9 Å². The highest BCUT2D eigenvalue weighted by Gasteiger charge is 2.25. The summed E-state index contributed by atoms with van der Waals surface area (Å²) < 4.78 is 1.52. The summed E-state index contributed by atoms with van der Waals surface area (Å²) in [6.07, 6.45) is 3.76. The van der Waals surface area contributed by atoms with E-state index in [0.29, 0.717) is 10.8 Å². The molecule has 1 fully saturated rings. The fourth-order valence-corrected chi connectivity index (χ4v) is 2.92. The first-order valence-corrected chi connectivity index (χ1v) is 6.71. The third-order valence-corrected chi connectivity index (χ3v) is 3.80. The highest BCUT2D eigenvalue weighted by atomic mass is 32.1. The van der Waals surface area contributed by atoms with Gasteiger partial charge in [0.25, 0.3) is 4.96 Å². The summed E-state index contributed by atoms with van der Waals surface area (Å²) in [6, 6.07) is 0.210. The number of nitro groups is 1. The number of hydrogen-bond acceptors (Lipinski definition) is 6. The molecule has 0 aromatic carbocycles. The molecule has 3 heterocycles. The molecule has 2 aromatic heterocycles. The molecule has 1 aliphatic heterocycles. The molecule has 1 saturated heterocycles. The molecule has 2 N–H and O–H groups in total. The smallest absolute Gasteiger partial charge is 0.359 e. The molecule has 0 aliphatic carbocycles. The average molecular weight is 267 g/mol. The lowest BCUT2D eigenvalue weighted by atomic mass is 10.1. The Labute approximate surface area is 107 Å². The summed E-state index contributed by atoms with van der Waals surface area (Å²) in [5, 5.41) is 19.4. The first-order chi connectivity index (χ1) is 8.75. The third-order valence-electron chi connectivity index (χ3n) is 3.05. The first-order valence-electron chi connectivity index (χ1n) is 5.83. The van der Waals surface area contributed by atoms with Crippen LogP contribution in [0.4, 0.5) is 11.6 Å². The average Bonchev–Trinajstić information content (AvgIpc) is 2.89. The van der Waals surface area contributed by atoms with Gasteiger partial charge in [-0.1, -0.05) is 11.3 Å². The van der Waals surface area contributed by atoms with Gasteiger partial charge in [-0.05, 0) is 24.3 Å². The fraction of sp³-hybridized carbons (Fsp3) is 0.500. The largest absolute Gasteiger partial charge is 0.372 e. The summed E-state index contributed by atoms with van der Waals surface area (Å²) in [5.41, 5.74) is 0. The molecular weight excluding hydrogens is 254 g/mol. The predicted octanol–water partition coefficient (Wildman–Crippen LogP) is 1.47. The van der Waals surface area contributed by atoms with E-state index in [0.717, 1.165) is 25.9 Å². The number of nitrogens with one attached hydrogen (secondary N) is 2. The number of hydrogen-bond donors (Lipinski definition) is 2. The van der Waals surface area contributed by atoms with Crippen LogP contribution in [0.25, 0.3) is 4.96 Å². The lowest BCUT2D eigenvalue weighted by molar-refractivity contribution is -0.389. The molecule has 3 rings (SSSR count). The van der Waals surface area contributed by atoms with Gasteiger partial charge in [-0.3, -0.25) is 0 Å². The van der Waals surface area contributed by atoms with Crippen LogP contribution < -0.4 is 10.6 Å². The van der Waals surface area contributed by atoms with Crippen molar-refractivity contribution < 1.29 is 4.92 Å². The Bertz CT molecular complexity index is 572. The maximum Gasteiger partial charge on any atom is 0.372 e. The molecule has 96 valence electrons. The van der Waals surface area contributed by atoms with Gasteiger partial charge in [0.1, 0.15) is 6.20 Å². The lowest BCUT2D eigenvalue weighted by Crippen LogP contribution is -2.38. The van der Waals surface area contributed by atoms with Crippen LogP contribution in [0.5, 0.6) is 0 Å². The Balaban J connectivity index is 1.92. The Morgan fingerprint density at radius 3 is 3.28 bits per heavy atom. The topological polar surface area (TPSA) is 84.5 Å². The molecule has 7 nitrogen and oxygen atoms in total. The molecule has 2 aromatic rings. The zero-order valence-electron chi connectivity index (χ0n) is 9.63. The van der Waals surface area contributed by atoms with Gasteiger partial charge in [0.05, 0.1) is 0 Å². The van der Waals surface area contributed by atoms with E-state index in [2.05, 4.69) is 15.6 Å². The normalized spacial score (nSPS) is 20.1. The number of fused-ring (bicyclic) bond motifs is 1. The molecule has 0 saturated carbocycles. The maximum absolute atomic E-state index is 11.1. The van der Waals surface area contributed by atoms with Crippen molar-refractivity contribution in [2.24, 2.45) is 0 Å². The van der Waals surface area contributed by atoms with Crippen LogP contribution in [0.15, 0.2) is 11.6 Å². The predicted molar refractivity (Wildman–Crippen MR) is 69.2 cm³/mol. The number of anilines is 1. The number of imidazole rings is 1. The molecule has 0 amide bonds. The van der Waals surface area contributed by atoms with Gasteiger partial charge in [-0.2, -0.15) is 9.38 Å². The van der Waals surface area contributed by atoms with E-state index < -0.39 is 0 Å². The summed E-state index contributed by atoms with van der Waals surface area (Å²) in [4.78, 5) is 15.7. The Morgan fingerprint density at radius 1 is 1.67 bits per heavy atom. The van der Waals surface area contributed by atoms with Crippen LogP contribution >= 0.6 is 11.3 Å². The fourth-order valence-electron chi connectivity index (χ4n) is 2.21. The Hall–Kier alpha value is -1.67. The van der Waals surface area contributed by atoms with Crippen LogP contribution in [0.2, 0.25) is 0 Å². The van der Waals surface area contributed by atoms with Crippen LogP contribution in [0.3, 0.4) is 0 Å². The van der Waals surface area contributed by atoms with E-state index in [-0.39, 0.29) is 16.8 Å². The van der Waals surface area contributed by atoms with Crippen LogP contribution in [-0.4, -0.2) is 33.4 Å². The number of nitrogens with zero attached hydrogens (tertiary/aromatic N) is 3. The van der Waals surface area contributed by atoms with Crippen molar-refractivity contribution in [1.29, 1.82) is 0 Å². The quantitative estimate of drug-likeness (QED) is 0.649. The minimum atomic E-state index is -0.384. The standard InChI is InChI=1S/C10H13N5O2S/c16-15(17)9-8(12-7-2-1-3-11-6-7)13-10-14(9)4-5-18-10/h4-5,7,11-12H,1-3,6H2. The van der Waals surface area contributed by atoms with Crippen molar-refractivity contribution in [3.05, 3.63) is 21.7 Å². The number of thiazole rings is 1. The monoisotopic (exact) mass is 267 g/mol. The van der Waals surface area contributed by atoms with Gasteiger partial charge in [-0.15, -0.1) is 0 Å². The number of piperidine rings is 1. The Morgan fingerprint density at radius 2 is 2.56 bits per heavy atom. The van der Waals surface area contributed by atoms with Crippen molar-refractivity contribution in [2.45, 2.75) is 18.9 Å². The van der Waals surface area contributed by atoms with Crippen LogP contribution in [-0.2, 0) is 0 Å². The maximum atomic E-state index is 11.1. The van der Waals surface area contributed by atoms with E-state index in [4.69, 9.17) is 0 Å². The van der Waals surface area contributed by atoms with Crippen molar-refractivity contribution in [3.8, 4) is 0 Å². The van der Waals surface area contributed by atoms with Gasteiger partial charge in [0.15, 0.2) is 0 Å². The molecule has 0 bridgehead atoms. The van der Waals surface area contributed by atoms with Gasteiger partial charge in [0, 0.05) is 18.0 Å². The van der Waals surface area contributed by atoms with Gasteiger partial charge >= 0.3 is 5.82 Å². The minimum absolute atomic E-state index is 0.0248. The summed E-state index contributed by atoms with van der Waals surface area (Å²) >= 11 is 1.39. The van der Waals surface area contributed by atoms with Gasteiger partial charge in [-0.25, -0.2) is 0 Å². The summed E-state index contributed by atoms with van der Waals surface area (Å²) in [5.74, 6) is 0.400. The van der Waals surface area contributed by atoms with Gasteiger partial charge < -0.3 is 20.7 Å². The van der Waals surface area contributed by atoms with E-state index in [1.165, 1.54) is 15.7 Å².